The van der Waals surface area contributed by atoms with E-state index in [9.17, 15) is 4.79 Å². The molecule has 98 valence electrons. The Labute approximate surface area is 108 Å². The molecular weight excluding hydrogens is 228 g/mol. The Morgan fingerprint density at radius 3 is 2.50 bits per heavy atom. The highest BCUT2D eigenvalue weighted by Gasteiger charge is 2.30. The van der Waals surface area contributed by atoms with E-state index in [0.717, 1.165) is 12.8 Å². The number of para-hydroxylation sites is 1. The molecule has 1 aromatic rings. The Hall–Kier alpha value is -1.51. The molecule has 0 aromatic heterocycles. The number of benzene rings is 1. The maximum Gasteiger partial charge on any atom is 0.341 e. The lowest BCUT2D eigenvalue weighted by atomic mass is 9.86. The van der Waals surface area contributed by atoms with Gasteiger partial charge in [-0.2, -0.15) is 0 Å². The summed E-state index contributed by atoms with van der Waals surface area (Å²) >= 11 is 0. The molecule has 1 fully saturated rings. The van der Waals surface area contributed by atoms with Crippen molar-refractivity contribution in [2.45, 2.75) is 44.6 Å². The van der Waals surface area contributed by atoms with Gasteiger partial charge in [-0.05, 0) is 44.7 Å². The normalized spacial score (nSPS) is 18.1. The highest BCUT2D eigenvalue weighted by atomic mass is 16.5. The standard InChI is InChI=1S/C15H20O3/c1-15(10-6-3-7-11-15)18-13-9-5-4-8-12(13)14(16)17-2/h4-5,8-9H,3,6-7,10-11H2,1-2H3. The van der Waals surface area contributed by atoms with Gasteiger partial charge in [-0.25, -0.2) is 4.79 Å². The van der Waals surface area contributed by atoms with E-state index in [1.165, 1.54) is 26.4 Å². The smallest absolute Gasteiger partial charge is 0.341 e. The molecule has 0 spiro atoms. The fourth-order valence-electron chi connectivity index (χ4n) is 2.50. The van der Waals surface area contributed by atoms with E-state index >= 15 is 0 Å². The largest absolute Gasteiger partial charge is 0.487 e. The van der Waals surface area contributed by atoms with Gasteiger partial charge in [0.25, 0.3) is 0 Å². The highest BCUT2D eigenvalue weighted by Crippen LogP contribution is 2.34. The lowest BCUT2D eigenvalue weighted by molar-refractivity contribution is 0.0435. The van der Waals surface area contributed by atoms with E-state index in [0.29, 0.717) is 11.3 Å². The van der Waals surface area contributed by atoms with Crippen LogP contribution < -0.4 is 4.74 Å². The van der Waals surface area contributed by atoms with E-state index < -0.39 is 0 Å². The van der Waals surface area contributed by atoms with Gasteiger partial charge >= 0.3 is 5.97 Å². The summed E-state index contributed by atoms with van der Waals surface area (Å²) in [5.74, 6) is 0.291. The first-order valence-corrected chi connectivity index (χ1v) is 6.51. The zero-order chi connectivity index (χ0) is 13.0. The molecule has 0 atom stereocenters. The summed E-state index contributed by atoms with van der Waals surface area (Å²) in [4.78, 5) is 11.7. The van der Waals surface area contributed by atoms with E-state index in [-0.39, 0.29) is 11.6 Å². The Morgan fingerprint density at radius 2 is 1.83 bits per heavy atom. The molecule has 0 bridgehead atoms. The molecule has 0 N–H and O–H groups in total. The van der Waals surface area contributed by atoms with Gasteiger partial charge < -0.3 is 9.47 Å². The zero-order valence-corrected chi connectivity index (χ0v) is 11.1. The Morgan fingerprint density at radius 1 is 1.17 bits per heavy atom. The molecule has 0 saturated heterocycles. The Kier molecular flexibility index (Phi) is 3.90. The van der Waals surface area contributed by atoms with Gasteiger partial charge in [0.2, 0.25) is 0 Å². The van der Waals surface area contributed by atoms with Crippen LogP contribution in [0.2, 0.25) is 0 Å². The number of methoxy groups -OCH3 is 1. The first-order valence-electron chi connectivity index (χ1n) is 6.51. The van der Waals surface area contributed by atoms with Crippen molar-refractivity contribution in [3.05, 3.63) is 29.8 Å². The number of hydrogen-bond acceptors (Lipinski definition) is 3. The van der Waals surface area contributed by atoms with Crippen LogP contribution in [0.3, 0.4) is 0 Å². The molecule has 1 aromatic carbocycles. The number of esters is 1. The van der Waals surface area contributed by atoms with Crippen LogP contribution in [0.4, 0.5) is 0 Å². The van der Waals surface area contributed by atoms with Crippen molar-refractivity contribution in [2.24, 2.45) is 0 Å². The fourth-order valence-corrected chi connectivity index (χ4v) is 2.50. The molecule has 0 aliphatic heterocycles. The van der Waals surface area contributed by atoms with Crippen LogP contribution in [-0.2, 0) is 4.74 Å². The van der Waals surface area contributed by atoms with Crippen molar-refractivity contribution in [1.82, 2.24) is 0 Å². The van der Waals surface area contributed by atoms with E-state index in [1.807, 2.05) is 18.2 Å². The second kappa shape index (κ2) is 5.42. The van der Waals surface area contributed by atoms with Gasteiger partial charge in [0.1, 0.15) is 16.9 Å². The van der Waals surface area contributed by atoms with Crippen LogP contribution in [-0.4, -0.2) is 18.7 Å². The third kappa shape index (κ3) is 2.84. The van der Waals surface area contributed by atoms with E-state index in [4.69, 9.17) is 9.47 Å². The van der Waals surface area contributed by atoms with Crippen molar-refractivity contribution in [3.8, 4) is 5.75 Å². The number of rotatable bonds is 3. The molecular formula is C15H20O3. The summed E-state index contributed by atoms with van der Waals surface area (Å²) in [7, 11) is 1.39. The van der Waals surface area contributed by atoms with E-state index in [2.05, 4.69) is 6.92 Å². The van der Waals surface area contributed by atoms with E-state index in [1.54, 1.807) is 6.07 Å². The van der Waals surface area contributed by atoms with Gasteiger partial charge in [0, 0.05) is 0 Å². The summed E-state index contributed by atoms with van der Waals surface area (Å²) in [6.07, 6.45) is 5.75. The Bertz CT molecular complexity index is 420. The van der Waals surface area contributed by atoms with Crippen LogP contribution in [0.15, 0.2) is 24.3 Å². The van der Waals surface area contributed by atoms with Gasteiger partial charge in [-0.1, -0.05) is 18.6 Å². The quantitative estimate of drug-likeness (QED) is 0.767. The molecule has 2 rings (SSSR count). The third-order valence-electron chi connectivity index (χ3n) is 3.56. The van der Waals surface area contributed by atoms with Gasteiger partial charge in [0.15, 0.2) is 0 Å². The molecule has 1 aliphatic carbocycles. The highest BCUT2D eigenvalue weighted by molar-refractivity contribution is 5.92. The van der Waals surface area contributed by atoms with Crippen LogP contribution in [0.1, 0.15) is 49.4 Å². The topological polar surface area (TPSA) is 35.5 Å². The van der Waals surface area contributed by atoms with Crippen molar-refractivity contribution in [3.63, 3.8) is 0 Å². The molecule has 18 heavy (non-hydrogen) atoms. The lowest BCUT2D eigenvalue weighted by Crippen LogP contribution is -2.35. The molecule has 1 saturated carbocycles. The van der Waals surface area contributed by atoms with Crippen molar-refractivity contribution in [1.29, 1.82) is 0 Å². The minimum atomic E-state index is -0.343. The van der Waals surface area contributed by atoms with Crippen LogP contribution in [0.5, 0.6) is 5.75 Å². The van der Waals surface area contributed by atoms with Crippen molar-refractivity contribution in [2.75, 3.05) is 7.11 Å². The SMILES string of the molecule is COC(=O)c1ccccc1OC1(C)CCCCC1. The maximum atomic E-state index is 11.7. The molecule has 1 aliphatic rings. The monoisotopic (exact) mass is 248 g/mol. The molecule has 0 amide bonds. The predicted molar refractivity (Wildman–Crippen MR) is 69.9 cm³/mol. The van der Waals surface area contributed by atoms with Crippen LogP contribution >= 0.6 is 0 Å². The third-order valence-corrected chi connectivity index (χ3v) is 3.56. The number of ether oxygens (including phenoxy) is 2. The van der Waals surface area contributed by atoms with Gasteiger partial charge in [0.05, 0.1) is 7.11 Å². The number of hydrogen-bond donors (Lipinski definition) is 0. The summed E-state index contributed by atoms with van der Waals surface area (Å²) in [5, 5.41) is 0. The lowest BCUT2D eigenvalue weighted by Gasteiger charge is -2.34. The second-order valence-electron chi connectivity index (χ2n) is 5.10. The summed E-state index contributed by atoms with van der Waals surface area (Å²) in [5.41, 5.74) is 0.356. The minimum absolute atomic E-state index is 0.150. The second-order valence-corrected chi connectivity index (χ2v) is 5.10. The van der Waals surface area contributed by atoms with Crippen molar-refractivity contribution < 1.29 is 14.3 Å². The Balaban J connectivity index is 2.20. The first-order chi connectivity index (χ1) is 8.64. The first kappa shape index (κ1) is 12.9. The van der Waals surface area contributed by atoms with Gasteiger partial charge in [-0.3, -0.25) is 0 Å². The number of carbonyl (C=O) groups is 1. The molecule has 3 nitrogen and oxygen atoms in total. The molecule has 0 radical (unpaired) electrons. The fraction of sp³-hybridized carbons (Fsp3) is 0.533. The average molecular weight is 248 g/mol. The zero-order valence-electron chi connectivity index (χ0n) is 11.1. The van der Waals surface area contributed by atoms with Crippen LogP contribution in [0, 0.1) is 0 Å². The van der Waals surface area contributed by atoms with Crippen molar-refractivity contribution >= 4 is 5.97 Å². The molecule has 0 unspecified atom stereocenters. The molecule has 0 heterocycles. The van der Waals surface area contributed by atoms with Gasteiger partial charge in [-0.15, -0.1) is 0 Å². The molecule has 3 heteroatoms. The summed E-state index contributed by atoms with van der Waals surface area (Å²) in [6.45, 7) is 2.13. The summed E-state index contributed by atoms with van der Waals surface area (Å²) < 4.78 is 10.9. The average Bonchev–Trinajstić information content (AvgIpc) is 2.39. The summed E-state index contributed by atoms with van der Waals surface area (Å²) in [6, 6.07) is 7.29. The van der Waals surface area contributed by atoms with Crippen LogP contribution in [0.25, 0.3) is 0 Å². The minimum Gasteiger partial charge on any atom is -0.487 e. The predicted octanol–water partition coefficient (Wildman–Crippen LogP) is 3.57. The number of carbonyl (C=O) groups excluding carboxylic acids is 1. The maximum absolute atomic E-state index is 11.7.